The van der Waals surface area contributed by atoms with Crippen LogP contribution in [0.15, 0.2) is 0 Å². The second-order valence-electron chi connectivity index (χ2n) is 3.77. The number of aliphatic hydroxyl groups is 1. The first-order valence-electron chi connectivity index (χ1n) is 5.78. The maximum absolute atomic E-state index is 12.1. The van der Waals surface area contributed by atoms with Gasteiger partial charge in [0.25, 0.3) is 6.43 Å². The Morgan fingerprint density at radius 1 is 1.31 bits per heavy atom. The van der Waals surface area contributed by atoms with E-state index in [0.717, 1.165) is 30.6 Å². The second-order valence-corrected chi connectivity index (χ2v) is 3.77. The standard InChI is InChI=1S/C11H21F2NO2/c1-2-3-4-5-6-11(16)14(7-8-15)9-10(12)13/h10,15H,2-9H2,1H3. The lowest BCUT2D eigenvalue weighted by atomic mass is 10.1. The molecular formula is C11H21F2NO2. The minimum absolute atomic E-state index is 0.00302. The Labute approximate surface area is 95.4 Å². The van der Waals surface area contributed by atoms with Gasteiger partial charge in [0.1, 0.15) is 0 Å². The molecule has 5 heteroatoms. The van der Waals surface area contributed by atoms with E-state index < -0.39 is 13.0 Å². The first-order chi connectivity index (χ1) is 7.61. The highest BCUT2D eigenvalue weighted by atomic mass is 19.3. The third-order valence-electron chi connectivity index (χ3n) is 2.33. The van der Waals surface area contributed by atoms with Crippen molar-refractivity contribution < 1.29 is 18.7 Å². The molecule has 0 aliphatic heterocycles. The van der Waals surface area contributed by atoms with Crippen LogP contribution in [0.25, 0.3) is 0 Å². The molecular weight excluding hydrogens is 216 g/mol. The summed E-state index contributed by atoms with van der Waals surface area (Å²) >= 11 is 0. The van der Waals surface area contributed by atoms with Crippen LogP contribution in [0, 0.1) is 0 Å². The normalized spacial score (nSPS) is 10.8. The summed E-state index contributed by atoms with van der Waals surface area (Å²) in [5.41, 5.74) is 0. The number of carbonyl (C=O) groups is 1. The van der Waals surface area contributed by atoms with Crippen molar-refractivity contribution in [2.75, 3.05) is 19.7 Å². The summed E-state index contributed by atoms with van der Waals surface area (Å²) < 4.78 is 24.3. The van der Waals surface area contributed by atoms with Gasteiger partial charge >= 0.3 is 0 Å². The van der Waals surface area contributed by atoms with Crippen molar-refractivity contribution in [1.82, 2.24) is 4.90 Å². The van der Waals surface area contributed by atoms with Gasteiger partial charge in [-0.15, -0.1) is 0 Å². The van der Waals surface area contributed by atoms with Crippen LogP contribution in [0.2, 0.25) is 0 Å². The molecule has 0 aromatic carbocycles. The molecule has 16 heavy (non-hydrogen) atoms. The van der Waals surface area contributed by atoms with Crippen LogP contribution < -0.4 is 0 Å². The first-order valence-corrected chi connectivity index (χ1v) is 5.78. The molecule has 0 aliphatic rings. The monoisotopic (exact) mass is 237 g/mol. The van der Waals surface area contributed by atoms with E-state index in [1.165, 1.54) is 0 Å². The van der Waals surface area contributed by atoms with Gasteiger partial charge in [-0.1, -0.05) is 26.2 Å². The molecule has 3 nitrogen and oxygen atoms in total. The number of hydrogen-bond acceptors (Lipinski definition) is 2. The summed E-state index contributed by atoms with van der Waals surface area (Å²) in [6.45, 7) is 1.22. The van der Waals surface area contributed by atoms with Gasteiger partial charge in [0.15, 0.2) is 0 Å². The summed E-state index contributed by atoms with van der Waals surface area (Å²) in [5.74, 6) is -0.287. The van der Waals surface area contributed by atoms with E-state index in [0.29, 0.717) is 6.42 Å². The lowest BCUT2D eigenvalue weighted by Gasteiger charge is -2.21. The number of carbonyl (C=O) groups excluding carboxylic acids is 1. The molecule has 0 fully saturated rings. The number of unbranched alkanes of at least 4 members (excludes halogenated alkanes) is 3. The van der Waals surface area contributed by atoms with Crippen LogP contribution in [-0.4, -0.2) is 42.0 Å². The fraction of sp³-hybridized carbons (Fsp3) is 0.909. The molecule has 96 valence electrons. The van der Waals surface area contributed by atoms with Gasteiger partial charge in [0.2, 0.25) is 5.91 Å². The molecule has 0 radical (unpaired) electrons. The SMILES string of the molecule is CCCCCCC(=O)N(CCO)CC(F)F. The van der Waals surface area contributed by atoms with Crippen LogP contribution in [-0.2, 0) is 4.79 Å². The van der Waals surface area contributed by atoms with E-state index in [1.54, 1.807) is 0 Å². The largest absolute Gasteiger partial charge is 0.395 e. The van der Waals surface area contributed by atoms with E-state index in [4.69, 9.17) is 5.11 Å². The zero-order chi connectivity index (χ0) is 12.4. The number of nitrogens with zero attached hydrogens (tertiary/aromatic N) is 1. The predicted molar refractivity (Wildman–Crippen MR) is 58.4 cm³/mol. The minimum Gasteiger partial charge on any atom is -0.395 e. The highest BCUT2D eigenvalue weighted by molar-refractivity contribution is 5.76. The molecule has 0 aromatic rings. The molecule has 1 N–H and O–H groups in total. The van der Waals surface area contributed by atoms with Crippen LogP contribution in [0.1, 0.15) is 39.0 Å². The summed E-state index contributed by atoms with van der Waals surface area (Å²) in [6.07, 6.45) is 1.58. The minimum atomic E-state index is -2.54. The molecule has 0 aliphatic carbocycles. The molecule has 0 spiro atoms. The summed E-state index contributed by atoms with van der Waals surface area (Å²) in [7, 11) is 0. The van der Waals surface area contributed by atoms with Crippen LogP contribution in [0.3, 0.4) is 0 Å². The van der Waals surface area contributed by atoms with E-state index in [2.05, 4.69) is 6.92 Å². The Balaban J connectivity index is 3.87. The number of halogens is 2. The van der Waals surface area contributed by atoms with Gasteiger partial charge in [-0.2, -0.15) is 0 Å². The first kappa shape index (κ1) is 15.3. The van der Waals surface area contributed by atoms with E-state index in [1.807, 2.05) is 0 Å². The van der Waals surface area contributed by atoms with Crippen molar-refractivity contribution in [3.8, 4) is 0 Å². The highest BCUT2D eigenvalue weighted by Crippen LogP contribution is 2.07. The lowest BCUT2D eigenvalue weighted by molar-refractivity contribution is -0.133. The van der Waals surface area contributed by atoms with Gasteiger partial charge in [-0.25, -0.2) is 8.78 Å². The van der Waals surface area contributed by atoms with E-state index >= 15 is 0 Å². The molecule has 0 heterocycles. The number of aliphatic hydroxyl groups excluding tert-OH is 1. The molecule has 0 atom stereocenters. The van der Waals surface area contributed by atoms with Crippen molar-refractivity contribution in [2.24, 2.45) is 0 Å². The molecule has 0 saturated heterocycles. The smallest absolute Gasteiger partial charge is 0.255 e. The number of alkyl halides is 2. The number of amides is 1. The van der Waals surface area contributed by atoms with Gasteiger partial charge in [0.05, 0.1) is 13.2 Å². The second kappa shape index (κ2) is 9.51. The van der Waals surface area contributed by atoms with Crippen molar-refractivity contribution in [3.05, 3.63) is 0 Å². The van der Waals surface area contributed by atoms with Gasteiger partial charge in [-0.05, 0) is 6.42 Å². The van der Waals surface area contributed by atoms with Gasteiger partial charge in [-0.3, -0.25) is 4.79 Å². The van der Waals surface area contributed by atoms with Crippen molar-refractivity contribution in [3.63, 3.8) is 0 Å². The molecule has 0 bridgehead atoms. The number of rotatable bonds is 9. The Kier molecular flexibility index (Phi) is 9.09. The molecule has 0 saturated carbocycles. The number of hydrogen-bond donors (Lipinski definition) is 1. The van der Waals surface area contributed by atoms with Crippen LogP contribution in [0.5, 0.6) is 0 Å². The molecule has 1 amide bonds. The fourth-order valence-corrected chi connectivity index (χ4v) is 1.47. The maximum atomic E-state index is 12.1. The Hall–Kier alpha value is -0.710. The maximum Gasteiger partial charge on any atom is 0.255 e. The third kappa shape index (κ3) is 7.56. The topological polar surface area (TPSA) is 40.5 Å². The lowest BCUT2D eigenvalue weighted by Crippen LogP contribution is -2.37. The van der Waals surface area contributed by atoms with Crippen molar-refractivity contribution in [2.45, 2.75) is 45.5 Å². The third-order valence-corrected chi connectivity index (χ3v) is 2.33. The summed E-state index contributed by atoms with van der Waals surface area (Å²) in [4.78, 5) is 12.6. The van der Waals surface area contributed by atoms with Gasteiger partial charge < -0.3 is 10.0 Å². The summed E-state index contributed by atoms with van der Waals surface area (Å²) in [5, 5.41) is 8.67. The molecule has 0 unspecified atom stereocenters. The van der Waals surface area contributed by atoms with Crippen molar-refractivity contribution >= 4 is 5.91 Å². The van der Waals surface area contributed by atoms with E-state index in [-0.39, 0.29) is 19.1 Å². The van der Waals surface area contributed by atoms with Crippen molar-refractivity contribution in [1.29, 1.82) is 0 Å². The molecule has 0 rings (SSSR count). The van der Waals surface area contributed by atoms with Crippen LogP contribution in [0.4, 0.5) is 8.78 Å². The Morgan fingerprint density at radius 2 is 2.00 bits per heavy atom. The molecule has 0 aromatic heterocycles. The van der Waals surface area contributed by atoms with Crippen LogP contribution >= 0.6 is 0 Å². The highest BCUT2D eigenvalue weighted by Gasteiger charge is 2.16. The average Bonchev–Trinajstić information content (AvgIpc) is 2.23. The fourth-order valence-electron chi connectivity index (χ4n) is 1.47. The average molecular weight is 237 g/mol. The van der Waals surface area contributed by atoms with Gasteiger partial charge in [0, 0.05) is 13.0 Å². The van der Waals surface area contributed by atoms with E-state index in [9.17, 15) is 13.6 Å². The zero-order valence-electron chi connectivity index (χ0n) is 9.79. The zero-order valence-corrected chi connectivity index (χ0v) is 9.79. The Bertz CT molecular complexity index is 189. The quantitative estimate of drug-likeness (QED) is 0.623. The predicted octanol–water partition coefficient (Wildman–Crippen LogP) is 2.04. The Morgan fingerprint density at radius 3 is 2.50 bits per heavy atom. The summed E-state index contributed by atoms with van der Waals surface area (Å²) in [6, 6.07) is 0.